The van der Waals surface area contributed by atoms with Gasteiger partial charge in [-0.2, -0.15) is 0 Å². The molecule has 0 aliphatic carbocycles. The Hall–Kier alpha value is -2.59. The molecule has 2 atom stereocenters. The van der Waals surface area contributed by atoms with Crippen LogP contribution in [-0.2, 0) is 23.9 Å². The summed E-state index contributed by atoms with van der Waals surface area (Å²) in [6, 6.07) is 3.52. The number of amides is 1. The summed E-state index contributed by atoms with van der Waals surface area (Å²) in [6.07, 6.45) is 1.67. The van der Waals surface area contributed by atoms with E-state index in [0.717, 1.165) is 28.6 Å². The van der Waals surface area contributed by atoms with Gasteiger partial charge in [-0.3, -0.25) is 9.59 Å². The summed E-state index contributed by atoms with van der Waals surface area (Å²) in [6.45, 7) is 4.93. The lowest BCUT2D eigenvalue weighted by molar-refractivity contribution is -0.151. The van der Waals surface area contributed by atoms with Gasteiger partial charge in [-0.15, -0.1) is 11.3 Å². The molecule has 33 heavy (non-hydrogen) atoms. The Labute approximate surface area is 201 Å². The number of hydrogen-bond acceptors (Lipinski definition) is 9. The summed E-state index contributed by atoms with van der Waals surface area (Å²) in [5.41, 5.74) is 1.88. The number of rotatable bonds is 6. The van der Waals surface area contributed by atoms with Crippen LogP contribution in [0.25, 0.3) is 0 Å². The minimum absolute atomic E-state index is 0.0482. The number of methoxy groups -OCH3 is 1. The fourth-order valence-electron chi connectivity index (χ4n) is 4.38. The lowest BCUT2D eigenvalue weighted by Crippen LogP contribution is -2.44. The molecule has 1 aromatic rings. The smallest absolute Gasteiger partial charge is 0.338 e. The van der Waals surface area contributed by atoms with E-state index in [4.69, 9.17) is 9.47 Å². The minimum atomic E-state index is -0.426. The first-order chi connectivity index (χ1) is 15.9. The molecule has 1 amide bonds. The molecule has 176 valence electrons. The second kappa shape index (κ2) is 10.1. The van der Waals surface area contributed by atoms with E-state index in [1.54, 1.807) is 23.2 Å². The maximum absolute atomic E-state index is 13.2. The molecular formula is C23H27N3O5S2. The molecule has 0 spiro atoms. The van der Waals surface area contributed by atoms with Gasteiger partial charge in [0.05, 0.1) is 37.3 Å². The third-order valence-electron chi connectivity index (χ3n) is 5.95. The van der Waals surface area contributed by atoms with Crippen LogP contribution in [-0.4, -0.2) is 59.6 Å². The zero-order valence-corrected chi connectivity index (χ0v) is 20.5. The number of likely N-dealkylation sites (tertiary alicyclic amines) is 1. The molecular weight excluding hydrogens is 462 g/mol. The maximum atomic E-state index is 13.2. The first kappa shape index (κ1) is 23.6. The number of piperidine rings is 1. The molecule has 1 aromatic heterocycles. The number of amidine groups is 1. The van der Waals surface area contributed by atoms with Gasteiger partial charge in [-0.05, 0) is 43.5 Å². The highest BCUT2D eigenvalue weighted by molar-refractivity contribution is 8.16. The molecule has 0 aromatic carbocycles. The predicted octanol–water partition coefficient (Wildman–Crippen LogP) is 3.69. The van der Waals surface area contributed by atoms with Crippen LogP contribution in [0.4, 0.5) is 0 Å². The van der Waals surface area contributed by atoms with Crippen molar-refractivity contribution in [2.24, 2.45) is 10.9 Å². The Morgan fingerprint density at radius 2 is 2.12 bits per heavy atom. The molecule has 10 heteroatoms. The van der Waals surface area contributed by atoms with E-state index in [1.807, 2.05) is 34.7 Å². The van der Waals surface area contributed by atoms with Crippen molar-refractivity contribution >= 4 is 46.1 Å². The first-order valence-electron chi connectivity index (χ1n) is 10.9. The fourth-order valence-corrected chi connectivity index (χ4v) is 6.17. The first-order valence-corrected chi connectivity index (χ1v) is 12.7. The standard InChI is InChI=1S/C23H27N3O5S2/c1-4-31-21(28)15-7-5-9-25(12-15)18(27)11-16-13-33-23-24-14(2)19(22(29)30-3)20(26(16)23)17-8-6-10-32-17/h6,8,10,13,15,20H,4-5,7,9,11-12H2,1-3H3. The Balaban J connectivity index is 1.55. The van der Waals surface area contributed by atoms with Gasteiger partial charge < -0.3 is 19.3 Å². The molecule has 1 saturated heterocycles. The zero-order chi connectivity index (χ0) is 23.5. The van der Waals surface area contributed by atoms with E-state index in [1.165, 1.54) is 18.9 Å². The van der Waals surface area contributed by atoms with Crippen LogP contribution in [0.1, 0.15) is 44.0 Å². The topological polar surface area (TPSA) is 88.5 Å². The summed E-state index contributed by atoms with van der Waals surface area (Å²) in [7, 11) is 1.36. The van der Waals surface area contributed by atoms with Crippen molar-refractivity contribution in [1.29, 1.82) is 0 Å². The summed E-state index contributed by atoms with van der Waals surface area (Å²) >= 11 is 3.00. The van der Waals surface area contributed by atoms with Gasteiger partial charge in [0.15, 0.2) is 5.17 Å². The molecule has 3 aliphatic heterocycles. The molecule has 0 N–H and O–H groups in total. The fraction of sp³-hybridized carbons (Fsp3) is 0.478. The van der Waals surface area contributed by atoms with Gasteiger partial charge in [0.2, 0.25) is 5.91 Å². The van der Waals surface area contributed by atoms with E-state index in [0.29, 0.717) is 31.0 Å². The molecule has 0 saturated carbocycles. The third-order valence-corrected chi connectivity index (χ3v) is 7.76. The van der Waals surface area contributed by atoms with Crippen molar-refractivity contribution < 1.29 is 23.9 Å². The summed E-state index contributed by atoms with van der Waals surface area (Å²) in [5, 5.41) is 4.63. The number of nitrogens with zero attached hydrogens (tertiary/aromatic N) is 3. The van der Waals surface area contributed by atoms with Crippen molar-refractivity contribution in [1.82, 2.24) is 9.80 Å². The van der Waals surface area contributed by atoms with Crippen LogP contribution in [0, 0.1) is 5.92 Å². The highest BCUT2D eigenvalue weighted by Crippen LogP contribution is 2.46. The van der Waals surface area contributed by atoms with E-state index < -0.39 is 12.0 Å². The highest BCUT2D eigenvalue weighted by atomic mass is 32.2. The van der Waals surface area contributed by atoms with Crippen LogP contribution >= 0.6 is 23.1 Å². The molecule has 2 unspecified atom stereocenters. The maximum Gasteiger partial charge on any atom is 0.338 e. The van der Waals surface area contributed by atoms with Gasteiger partial charge >= 0.3 is 11.9 Å². The number of esters is 2. The van der Waals surface area contributed by atoms with E-state index >= 15 is 0 Å². The molecule has 0 radical (unpaired) electrons. The quantitative estimate of drug-likeness (QED) is 0.563. The number of carbonyl (C=O) groups is 3. The van der Waals surface area contributed by atoms with Gasteiger partial charge in [0.1, 0.15) is 6.04 Å². The Bertz CT molecular complexity index is 1030. The van der Waals surface area contributed by atoms with Crippen molar-refractivity contribution in [3.63, 3.8) is 0 Å². The molecule has 4 heterocycles. The van der Waals surface area contributed by atoms with Crippen LogP contribution in [0.2, 0.25) is 0 Å². The monoisotopic (exact) mass is 489 g/mol. The normalized spacial score (nSPS) is 22.5. The number of carbonyl (C=O) groups excluding carboxylic acids is 3. The Kier molecular flexibility index (Phi) is 7.23. The Morgan fingerprint density at radius 3 is 2.82 bits per heavy atom. The van der Waals surface area contributed by atoms with Gasteiger partial charge in [-0.25, -0.2) is 9.79 Å². The Morgan fingerprint density at radius 1 is 1.30 bits per heavy atom. The average molecular weight is 490 g/mol. The second-order valence-corrected chi connectivity index (χ2v) is 9.82. The van der Waals surface area contributed by atoms with Crippen LogP contribution in [0.5, 0.6) is 0 Å². The lowest BCUT2D eigenvalue weighted by Gasteiger charge is -2.36. The summed E-state index contributed by atoms with van der Waals surface area (Å²) in [4.78, 5) is 47.4. The molecule has 1 fully saturated rings. The second-order valence-electron chi connectivity index (χ2n) is 8.01. The van der Waals surface area contributed by atoms with E-state index in [9.17, 15) is 14.4 Å². The minimum Gasteiger partial charge on any atom is -0.466 e. The number of fused-ring (bicyclic) bond motifs is 1. The van der Waals surface area contributed by atoms with Gasteiger partial charge in [0, 0.05) is 23.7 Å². The van der Waals surface area contributed by atoms with E-state index in [2.05, 4.69) is 4.99 Å². The van der Waals surface area contributed by atoms with Crippen LogP contribution in [0.3, 0.4) is 0 Å². The molecule has 8 nitrogen and oxygen atoms in total. The van der Waals surface area contributed by atoms with Gasteiger partial charge in [-0.1, -0.05) is 17.8 Å². The third kappa shape index (κ3) is 4.72. The lowest BCUT2D eigenvalue weighted by atomic mass is 9.97. The SMILES string of the molecule is CCOC(=O)C1CCCN(C(=O)CC2=CSC3=NC(C)=C(C(=O)OC)C(c4cccs4)N23)C1. The number of thiophene rings is 1. The summed E-state index contributed by atoms with van der Waals surface area (Å²) < 4.78 is 10.2. The zero-order valence-electron chi connectivity index (χ0n) is 18.9. The van der Waals surface area contributed by atoms with Crippen molar-refractivity contribution in [2.45, 2.75) is 39.2 Å². The highest BCUT2D eigenvalue weighted by Gasteiger charge is 2.42. The molecule has 0 bridgehead atoms. The molecule has 4 rings (SSSR count). The van der Waals surface area contributed by atoms with E-state index in [-0.39, 0.29) is 24.2 Å². The van der Waals surface area contributed by atoms with Crippen molar-refractivity contribution in [2.75, 3.05) is 26.8 Å². The molecule has 3 aliphatic rings. The predicted molar refractivity (Wildman–Crippen MR) is 127 cm³/mol. The largest absolute Gasteiger partial charge is 0.466 e. The number of hydrogen-bond donors (Lipinski definition) is 0. The average Bonchev–Trinajstić information content (AvgIpc) is 3.48. The number of ether oxygens (including phenoxy) is 2. The number of thioether (sulfide) groups is 1. The number of aliphatic imine (C=N–C) groups is 1. The van der Waals surface area contributed by atoms with Crippen LogP contribution in [0.15, 0.2) is 44.9 Å². The van der Waals surface area contributed by atoms with Crippen molar-refractivity contribution in [3.8, 4) is 0 Å². The van der Waals surface area contributed by atoms with Gasteiger partial charge in [0.25, 0.3) is 0 Å². The summed E-state index contributed by atoms with van der Waals surface area (Å²) in [5.74, 6) is -0.994. The van der Waals surface area contributed by atoms with Crippen molar-refractivity contribution in [3.05, 3.63) is 44.8 Å². The number of allylic oxidation sites excluding steroid dienone is 1. The van der Waals surface area contributed by atoms with Crippen LogP contribution < -0.4 is 0 Å².